The quantitative estimate of drug-likeness (QED) is 0.530. The Balaban J connectivity index is 1.63. The van der Waals surface area contributed by atoms with Gasteiger partial charge in [-0.2, -0.15) is 0 Å². The Bertz CT molecular complexity index is 1060. The molecular formula is C25H31N3O2S. The van der Waals surface area contributed by atoms with Crippen LogP contribution in [0.15, 0.2) is 36.4 Å². The van der Waals surface area contributed by atoms with E-state index >= 15 is 0 Å². The number of amides is 1. The molecule has 0 aliphatic carbocycles. The number of para-hydroxylation sites is 1. The Labute approximate surface area is 188 Å². The Morgan fingerprint density at radius 1 is 1.19 bits per heavy atom. The summed E-state index contributed by atoms with van der Waals surface area (Å²) in [6.07, 6.45) is 1.84. The number of fused-ring (bicyclic) bond motifs is 1. The van der Waals surface area contributed by atoms with E-state index in [4.69, 9.17) is 9.72 Å². The number of rotatable bonds is 7. The summed E-state index contributed by atoms with van der Waals surface area (Å²) >= 11 is 1.61. The van der Waals surface area contributed by atoms with E-state index in [1.807, 2.05) is 30.9 Å². The molecule has 1 amide bonds. The standard InChI is InChI=1S/C25H31N3O2S/c1-4-20-7-5-8-22-23(20)26-25(31-22)28(12-6-11-27-13-15-30-16-14-27)24(29)21-17-18(2)9-10-19(21)3/h5,7-10,17H,4,6,11-16H2,1-3H3. The fourth-order valence-electron chi connectivity index (χ4n) is 4.07. The van der Waals surface area contributed by atoms with E-state index in [0.29, 0.717) is 6.54 Å². The molecule has 0 spiro atoms. The third-order valence-electron chi connectivity index (χ3n) is 5.93. The lowest BCUT2D eigenvalue weighted by atomic mass is 10.0. The first kappa shape index (κ1) is 21.9. The van der Waals surface area contributed by atoms with Gasteiger partial charge in [0.1, 0.15) is 0 Å². The van der Waals surface area contributed by atoms with Crippen molar-refractivity contribution in [2.75, 3.05) is 44.3 Å². The maximum absolute atomic E-state index is 13.7. The van der Waals surface area contributed by atoms with Gasteiger partial charge in [0.05, 0.1) is 23.4 Å². The molecule has 1 aliphatic rings. The first-order chi connectivity index (χ1) is 15.1. The third kappa shape index (κ3) is 4.97. The zero-order chi connectivity index (χ0) is 21.8. The summed E-state index contributed by atoms with van der Waals surface area (Å²) in [7, 11) is 0. The predicted octanol–water partition coefficient (Wildman–Crippen LogP) is 4.84. The van der Waals surface area contributed by atoms with Crippen molar-refractivity contribution in [3.63, 3.8) is 0 Å². The highest BCUT2D eigenvalue weighted by Crippen LogP contribution is 2.32. The molecule has 2 heterocycles. The van der Waals surface area contributed by atoms with Crippen LogP contribution in [0, 0.1) is 13.8 Å². The van der Waals surface area contributed by atoms with Crippen molar-refractivity contribution in [2.24, 2.45) is 0 Å². The van der Waals surface area contributed by atoms with Gasteiger partial charge in [-0.3, -0.25) is 14.6 Å². The summed E-state index contributed by atoms with van der Waals surface area (Å²) in [6, 6.07) is 12.4. The number of carbonyl (C=O) groups is 1. The lowest BCUT2D eigenvalue weighted by molar-refractivity contribution is 0.0376. The van der Waals surface area contributed by atoms with Gasteiger partial charge in [-0.25, -0.2) is 4.98 Å². The minimum absolute atomic E-state index is 0.0419. The number of hydrogen-bond acceptors (Lipinski definition) is 5. The van der Waals surface area contributed by atoms with Crippen LogP contribution >= 0.6 is 11.3 Å². The summed E-state index contributed by atoms with van der Waals surface area (Å²) in [4.78, 5) is 22.9. The zero-order valence-corrected chi connectivity index (χ0v) is 19.5. The summed E-state index contributed by atoms with van der Waals surface area (Å²) < 4.78 is 6.60. The Morgan fingerprint density at radius 2 is 2.00 bits per heavy atom. The topological polar surface area (TPSA) is 45.7 Å². The molecule has 0 bridgehead atoms. The second-order valence-electron chi connectivity index (χ2n) is 8.20. The zero-order valence-electron chi connectivity index (χ0n) is 18.7. The molecule has 0 saturated carbocycles. The van der Waals surface area contributed by atoms with E-state index in [0.717, 1.165) is 77.7 Å². The van der Waals surface area contributed by atoms with Crippen LogP contribution in [0.1, 0.15) is 40.4 Å². The fraction of sp³-hybridized carbons (Fsp3) is 0.440. The number of hydrogen-bond donors (Lipinski definition) is 0. The van der Waals surface area contributed by atoms with E-state index in [2.05, 4.69) is 36.1 Å². The van der Waals surface area contributed by atoms with Crippen molar-refractivity contribution < 1.29 is 9.53 Å². The van der Waals surface area contributed by atoms with Crippen molar-refractivity contribution in [3.8, 4) is 0 Å². The van der Waals surface area contributed by atoms with E-state index in [1.54, 1.807) is 11.3 Å². The van der Waals surface area contributed by atoms with Gasteiger partial charge in [-0.15, -0.1) is 0 Å². The molecule has 31 heavy (non-hydrogen) atoms. The van der Waals surface area contributed by atoms with Crippen LogP contribution < -0.4 is 4.90 Å². The highest BCUT2D eigenvalue weighted by Gasteiger charge is 2.23. The van der Waals surface area contributed by atoms with Crippen LogP contribution in [-0.2, 0) is 11.2 Å². The van der Waals surface area contributed by atoms with E-state index in [9.17, 15) is 4.79 Å². The molecule has 0 unspecified atom stereocenters. The molecule has 0 radical (unpaired) electrons. The second kappa shape index (κ2) is 9.90. The minimum atomic E-state index is 0.0419. The van der Waals surface area contributed by atoms with E-state index in [-0.39, 0.29) is 5.91 Å². The molecule has 0 atom stereocenters. The van der Waals surface area contributed by atoms with Gasteiger partial charge < -0.3 is 4.74 Å². The van der Waals surface area contributed by atoms with Crippen LogP contribution in [-0.4, -0.2) is 55.2 Å². The number of aryl methyl sites for hydroxylation is 3. The maximum Gasteiger partial charge on any atom is 0.260 e. The molecule has 4 rings (SSSR count). The molecule has 1 fully saturated rings. The number of carbonyl (C=O) groups excluding carboxylic acids is 1. The molecule has 1 saturated heterocycles. The Kier molecular flexibility index (Phi) is 7.00. The predicted molar refractivity (Wildman–Crippen MR) is 128 cm³/mol. The number of nitrogens with zero attached hydrogens (tertiary/aromatic N) is 3. The van der Waals surface area contributed by atoms with Crippen molar-refractivity contribution in [1.29, 1.82) is 0 Å². The average Bonchev–Trinajstić information content (AvgIpc) is 3.22. The SMILES string of the molecule is CCc1cccc2sc(N(CCCN3CCOCC3)C(=O)c3cc(C)ccc3C)nc12. The highest BCUT2D eigenvalue weighted by molar-refractivity contribution is 7.22. The Morgan fingerprint density at radius 3 is 2.77 bits per heavy atom. The lowest BCUT2D eigenvalue weighted by Gasteiger charge is -2.28. The van der Waals surface area contributed by atoms with E-state index in [1.165, 1.54) is 5.56 Å². The van der Waals surface area contributed by atoms with Gasteiger partial charge in [0.2, 0.25) is 0 Å². The number of thiazole rings is 1. The van der Waals surface area contributed by atoms with Crippen molar-refractivity contribution >= 4 is 32.6 Å². The normalized spacial score (nSPS) is 14.8. The van der Waals surface area contributed by atoms with Gasteiger partial charge >= 0.3 is 0 Å². The maximum atomic E-state index is 13.7. The summed E-state index contributed by atoms with van der Waals surface area (Å²) in [5.41, 5.74) is 5.12. The minimum Gasteiger partial charge on any atom is -0.379 e. The van der Waals surface area contributed by atoms with Gasteiger partial charge in [0, 0.05) is 31.7 Å². The van der Waals surface area contributed by atoms with Crippen molar-refractivity contribution in [2.45, 2.75) is 33.6 Å². The summed E-state index contributed by atoms with van der Waals surface area (Å²) in [5, 5.41) is 0.795. The number of morpholine rings is 1. The monoisotopic (exact) mass is 437 g/mol. The number of anilines is 1. The van der Waals surface area contributed by atoms with Crippen LogP contribution in [0.5, 0.6) is 0 Å². The number of aromatic nitrogens is 1. The van der Waals surface area contributed by atoms with Crippen molar-refractivity contribution in [1.82, 2.24) is 9.88 Å². The number of ether oxygens (including phenoxy) is 1. The van der Waals surface area contributed by atoms with Crippen LogP contribution in [0.2, 0.25) is 0 Å². The fourth-order valence-corrected chi connectivity index (χ4v) is 5.11. The van der Waals surface area contributed by atoms with Crippen LogP contribution in [0.25, 0.3) is 10.2 Å². The molecule has 0 N–H and O–H groups in total. The lowest BCUT2D eigenvalue weighted by Crippen LogP contribution is -2.39. The molecule has 1 aromatic heterocycles. The Hall–Kier alpha value is -2.28. The molecule has 3 aromatic rings. The first-order valence-electron chi connectivity index (χ1n) is 11.1. The summed E-state index contributed by atoms with van der Waals surface area (Å²) in [6.45, 7) is 11.3. The largest absolute Gasteiger partial charge is 0.379 e. The highest BCUT2D eigenvalue weighted by atomic mass is 32.1. The average molecular weight is 438 g/mol. The number of benzene rings is 2. The van der Waals surface area contributed by atoms with Gasteiger partial charge in [0.15, 0.2) is 5.13 Å². The molecule has 6 heteroatoms. The smallest absolute Gasteiger partial charge is 0.260 e. The molecule has 1 aliphatic heterocycles. The van der Waals surface area contributed by atoms with E-state index < -0.39 is 0 Å². The van der Waals surface area contributed by atoms with Gasteiger partial charge in [0.25, 0.3) is 5.91 Å². The molecular weight excluding hydrogens is 406 g/mol. The van der Waals surface area contributed by atoms with Crippen LogP contribution in [0.4, 0.5) is 5.13 Å². The summed E-state index contributed by atoms with van der Waals surface area (Å²) in [5.74, 6) is 0.0419. The third-order valence-corrected chi connectivity index (χ3v) is 6.98. The second-order valence-corrected chi connectivity index (χ2v) is 9.21. The van der Waals surface area contributed by atoms with Gasteiger partial charge in [-0.05, 0) is 49.9 Å². The van der Waals surface area contributed by atoms with Gasteiger partial charge in [-0.1, -0.05) is 48.1 Å². The molecule has 164 valence electrons. The van der Waals surface area contributed by atoms with Crippen LogP contribution in [0.3, 0.4) is 0 Å². The molecule has 2 aromatic carbocycles. The van der Waals surface area contributed by atoms with Crippen molar-refractivity contribution in [3.05, 3.63) is 58.7 Å². The molecule has 5 nitrogen and oxygen atoms in total. The first-order valence-corrected chi connectivity index (χ1v) is 12.0.